The van der Waals surface area contributed by atoms with E-state index in [4.69, 9.17) is 9.47 Å². The normalized spacial score (nSPS) is 10.6. The molecule has 1 aromatic rings. The number of carbonyl (C=O) groups excluding carboxylic acids is 1. The van der Waals surface area contributed by atoms with E-state index in [0.29, 0.717) is 0 Å². The lowest BCUT2D eigenvalue weighted by molar-refractivity contribution is -0.394. The molecular formula is C8H13N5O5. The highest BCUT2D eigenvalue weighted by atomic mass is 16.7. The monoisotopic (exact) mass is 259 g/mol. The fourth-order valence-electron chi connectivity index (χ4n) is 1.11. The van der Waals surface area contributed by atoms with Crippen LogP contribution in [0.1, 0.15) is 0 Å². The van der Waals surface area contributed by atoms with Crippen LogP contribution in [0.4, 0.5) is 5.95 Å². The number of amides is 1. The summed E-state index contributed by atoms with van der Waals surface area (Å²) in [5.41, 5.74) is 0. The Morgan fingerprint density at radius 3 is 2.78 bits per heavy atom. The third-order valence-corrected chi connectivity index (χ3v) is 1.98. The van der Waals surface area contributed by atoms with Crippen molar-refractivity contribution >= 4 is 11.9 Å². The number of methoxy groups -OCH3 is 2. The van der Waals surface area contributed by atoms with Crippen LogP contribution in [0.5, 0.6) is 0 Å². The first-order chi connectivity index (χ1) is 8.56. The third kappa shape index (κ3) is 4.07. The summed E-state index contributed by atoms with van der Waals surface area (Å²) >= 11 is 0. The van der Waals surface area contributed by atoms with Gasteiger partial charge in [-0.2, -0.15) is 4.68 Å². The number of rotatable bonds is 7. The molecule has 0 aromatic carbocycles. The van der Waals surface area contributed by atoms with Crippen LogP contribution in [-0.2, 0) is 20.8 Å². The summed E-state index contributed by atoms with van der Waals surface area (Å²) in [6.45, 7) is 0.00358. The maximum atomic E-state index is 11.4. The Hall–Kier alpha value is -2.07. The molecule has 0 aliphatic heterocycles. The minimum absolute atomic E-state index is 0.166. The standard InChI is InChI=1S/C8H13N5O5/c1-17-7(18-2)3-9-6(14)4-12-5-10-8(11-12)13(15)16/h5,7H,3-4H2,1-2H3,(H,9,14). The molecule has 0 bridgehead atoms. The van der Waals surface area contributed by atoms with Gasteiger partial charge in [0.1, 0.15) is 6.54 Å². The molecule has 10 heteroatoms. The van der Waals surface area contributed by atoms with Crippen LogP contribution in [0, 0.1) is 10.1 Å². The fraction of sp³-hybridized carbons (Fsp3) is 0.625. The van der Waals surface area contributed by atoms with Gasteiger partial charge in [-0.1, -0.05) is 4.98 Å². The molecule has 0 radical (unpaired) electrons. The van der Waals surface area contributed by atoms with Gasteiger partial charge in [0, 0.05) is 19.3 Å². The second kappa shape index (κ2) is 6.61. The molecule has 100 valence electrons. The van der Waals surface area contributed by atoms with E-state index < -0.39 is 17.2 Å². The number of hydrogen-bond acceptors (Lipinski definition) is 7. The molecule has 0 aliphatic carbocycles. The molecular weight excluding hydrogens is 246 g/mol. The van der Waals surface area contributed by atoms with Crippen LogP contribution >= 0.6 is 0 Å². The van der Waals surface area contributed by atoms with Gasteiger partial charge in [0.25, 0.3) is 0 Å². The lowest BCUT2D eigenvalue weighted by Gasteiger charge is -2.13. The van der Waals surface area contributed by atoms with Crippen molar-refractivity contribution in [1.29, 1.82) is 0 Å². The molecule has 0 aliphatic rings. The lowest BCUT2D eigenvalue weighted by atomic mass is 10.5. The molecule has 18 heavy (non-hydrogen) atoms. The molecule has 0 unspecified atom stereocenters. The van der Waals surface area contributed by atoms with Crippen LogP contribution < -0.4 is 5.32 Å². The first-order valence-electron chi connectivity index (χ1n) is 4.93. The third-order valence-electron chi connectivity index (χ3n) is 1.98. The van der Waals surface area contributed by atoms with Crippen LogP contribution in [0.25, 0.3) is 0 Å². The van der Waals surface area contributed by atoms with E-state index in [1.807, 2.05) is 0 Å². The number of nitrogens with zero attached hydrogens (tertiary/aromatic N) is 4. The van der Waals surface area contributed by atoms with Crippen molar-refractivity contribution in [2.75, 3.05) is 20.8 Å². The topological polar surface area (TPSA) is 121 Å². The minimum Gasteiger partial charge on any atom is -0.390 e. The van der Waals surface area contributed by atoms with Crippen molar-refractivity contribution in [3.05, 3.63) is 16.4 Å². The molecule has 0 saturated heterocycles. The molecule has 1 rings (SSSR count). The summed E-state index contributed by atoms with van der Waals surface area (Å²) in [6, 6.07) is 0. The summed E-state index contributed by atoms with van der Waals surface area (Å²) < 4.78 is 10.8. The summed E-state index contributed by atoms with van der Waals surface area (Å²) in [6.07, 6.45) is 0.570. The molecule has 0 atom stereocenters. The minimum atomic E-state index is -0.736. The van der Waals surface area contributed by atoms with Crippen molar-refractivity contribution in [3.63, 3.8) is 0 Å². The first-order valence-corrected chi connectivity index (χ1v) is 4.93. The highest BCUT2D eigenvalue weighted by Gasteiger charge is 2.15. The van der Waals surface area contributed by atoms with Gasteiger partial charge in [0.15, 0.2) is 6.29 Å². The Morgan fingerprint density at radius 2 is 2.28 bits per heavy atom. The van der Waals surface area contributed by atoms with E-state index in [1.54, 1.807) is 0 Å². The fourth-order valence-corrected chi connectivity index (χ4v) is 1.11. The van der Waals surface area contributed by atoms with Gasteiger partial charge in [-0.05, 0) is 4.92 Å². The predicted octanol–water partition coefficient (Wildman–Crippen LogP) is -1.08. The zero-order chi connectivity index (χ0) is 13.5. The van der Waals surface area contributed by atoms with E-state index in [0.717, 1.165) is 11.0 Å². The molecule has 1 N–H and O–H groups in total. The highest BCUT2D eigenvalue weighted by molar-refractivity contribution is 5.75. The van der Waals surface area contributed by atoms with E-state index in [1.165, 1.54) is 14.2 Å². The van der Waals surface area contributed by atoms with Crippen molar-refractivity contribution in [3.8, 4) is 0 Å². The summed E-state index contributed by atoms with van der Waals surface area (Å²) in [5.74, 6) is -0.927. The second-order valence-electron chi connectivity index (χ2n) is 3.20. The van der Waals surface area contributed by atoms with E-state index >= 15 is 0 Å². The lowest BCUT2D eigenvalue weighted by Crippen LogP contribution is -2.36. The summed E-state index contributed by atoms with van der Waals surface area (Å²) in [5, 5.41) is 16.4. The average Bonchev–Trinajstić information content (AvgIpc) is 2.79. The first kappa shape index (κ1) is 14.0. The molecule has 0 saturated carbocycles. The van der Waals surface area contributed by atoms with Crippen molar-refractivity contribution in [2.24, 2.45) is 0 Å². The van der Waals surface area contributed by atoms with Crippen molar-refractivity contribution < 1.29 is 19.2 Å². The number of aromatic nitrogens is 3. The Labute approximate surface area is 102 Å². The van der Waals surface area contributed by atoms with Gasteiger partial charge >= 0.3 is 5.95 Å². The van der Waals surface area contributed by atoms with Gasteiger partial charge in [-0.25, -0.2) is 0 Å². The summed E-state index contributed by atoms with van der Waals surface area (Å²) in [4.78, 5) is 24.5. The van der Waals surface area contributed by atoms with Gasteiger partial charge in [-0.15, -0.1) is 0 Å². The summed E-state index contributed by atoms with van der Waals surface area (Å²) in [7, 11) is 2.89. The Kier molecular flexibility index (Phi) is 5.14. The van der Waals surface area contributed by atoms with Gasteiger partial charge < -0.3 is 24.9 Å². The van der Waals surface area contributed by atoms with E-state index in [-0.39, 0.29) is 19.0 Å². The highest BCUT2D eigenvalue weighted by Crippen LogP contribution is 1.99. The van der Waals surface area contributed by atoms with Gasteiger partial charge in [0.05, 0.1) is 6.54 Å². The molecule has 0 spiro atoms. The number of carbonyl (C=O) groups is 1. The number of ether oxygens (including phenoxy) is 2. The Bertz CT molecular complexity index is 416. The van der Waals surface area contributed by atoms with E-state index in [9.17, 15) is 14.9 Å². The number of nitrogens with one attached hydrogen (secondary N) is 1. The van der Waals surface area contributed by atoms with Crippen LogP contribution in [-0.4, -0.2) is 52.6 Å². The van der Waals surface area contributed by atoms with Crippen LogP contribution in [0.15, 0.2) is 6.33 Å². The molecule has 1 aromatic heterocycles. The van der Waals surface area contributed by atoms with Gasteiger partial charge in [0.2, 0.25) is 12.2 Å². The number of hydrogen-bond donors (Lipinski definition) is 1. The number of nitro groups is 1. The molecule has 10 nitrogen and oxygen atoms in total. The zero-order valence-electron chi connectivity index (χ0n) is 9.90. The van der Waals surface area contributed by atoms with Crippen LogP contribution in [0.3, 0.4) is 0 Å². The van der Waals surface area contributed by atoms with Crippen molar-refractivity contribution in [2.45, 2.75) is 12.8 Å². The Morgan fingerprint density at radius 1 is 1.61 bits per heavy atom. The predicted molar refractivity (Wildman–Crippen MR) is 57.5 cm³/mol. The second-order valence-corrected chi connectivity index (χ2v) is 3.20. The maximum absolute atomic E-state index is 11.4. The zero-order valence-corrected chi connectivity index (χ0v) is 9.90. The van der Waals surface area contributed by atoms with Crippen LogP contribution in [0.2, 0.25) is 0 Å². The van der Waals surface area contributed by atoms with Gasteiger partial charge in [-0.3, -0.25) is 4.79 Å². The SMILES string of the molecule is COC(CNC(=O)Cn1cnc([N+](=O)[O-])n1)OC. The van der Waals surface area contributed by atoms with E-state index in [2.05, 4.69) is 15.4 Å². The quantitative estimate of drug-likeness (QED) is 0.375. The molecule has 1 heterocycles. The maximum Gasteiger partial charge on any atom is 0.490 e. The average molecular weight is 259 g/mol. The largest absolute Gasteiger partial charge is 0.490 e. The Balaban J connectivity index is 2.41. The smallest absolute Gasteiger partial charge is 0.390 e. The van der Waals surface area contributed by atoms with Crippen molar-refractivity contribution in [1.82, 2.24) is 20.1 Å². The molecule has 1 amide bonds. The molecule has 0 fully saturated rings.